The van der Waals surface area contributed by atoms with Crippen molar-refractivity contribution in [3.05, 3.63) is 20.3 Å². The number of carbonyl (C=O) groups is 2. The first-order valence-electron chi connectivity index (χ1n) is 6.16. The number of hydrogen-bond acceptors (Lipinski definition) is 3. The number of hydrogen-bond donors (Lipinski definition) is 1. The minimum atomic E-state index is -0.815. The maximum absolute atomic E-state index is 12.5. The van der Waals surface area contributed by atoms with Crippen LogP contribution in [0.25, 0.3) is 0 Å². The quantitative estimate of drug-likeness (QED) is 0.896. The van der Waals surface area contributed by atoms with Crippen LogP contribution < -0.4 is 0 Å². The van der Waals surface area contributed by atoms with Crippen LogP contribution in [0.5, 0.6) is 0 Å². The third-order valence-electron chi connectivity index (χ3n) is 3.34. The molecule has 0 saturated carbocycles. The summed E-state index contributed by atoms with van der Waals surface area (Å²) in [4.78, 5) is 26.3. The summed E-state index contributed by atoms with van der Waals surface area (Å²) in [7, 11) is 0. The Morgan fingerprint density at radius 2 is 2.16 bits per heavy atom. The monoisotopic (exact) mass is 345 g/mol. The van der Waals surface area contributed by atoms with Crippen LogP contribution in [0.15, 0.2) is 9.85 Å². The molecule has 1 aliphatic heterocycles. The normalized spacial score (nSPS) is 23.4. The highest BCUT2D eigenvalue weighted by Gasteiger charge is 2.33. The van der Waals surface area contributed by atoms with Gasteiger partial charge in [0.25, 0.3) is 5.91 Å². The minimum Gasteiger partial charge on any atom is -0.481 e. The molecule has 1 aliphatic rings. The summed E-state index contributed by atoms with van der Waals surface area (Å²) in [5.74, 6) is -1.12. The van der Waals surface area contributed by atoms with Gasteiger partial charge in [-0.05, 0) is 41.3 Å². The van der Waals surface area contributed by atoms with Crippen LogP contribution in [-0.4, -0.2) is 35.0 Å². The Hall–Kier alpha value is -0.880. The summed E-state index contributed by atoms with van der Waals surface area (Å²) < 4.78 is 0.820. The number of aliphatic carboxylic acids is 1. The molecule has 2 rings (SSSR count). The molecular weight excluding hydrogens is 330 g/mol. The van der Waals surface area contributed by atoms with Gasteiger partial charge < -0.3 is 10.0 Å². The molecule has 0 spiro atoms. The van der Waals surface area contributed by atoms with Crippen LogP contribution in [0.3, 0.4) is 0 Å². The van der Waals surface area contributed by atoms with Crippen LogP contribution in [0, 0.1) is 18.8 Å². The molecule has 1 aromatic heterocycles. The molecule has 2 atom stereocenters. The topological polar surface area (TPSA) is 57.6 Å². The van der Waals surface area contributed by atoms with E-state index in [-0.39, 0.29) is 11.8 Å². The Bertz CT molecular complexity index is 514. The van der Waals surface area contributed by atoms with Gasteiger partial charge in [0.15, 0.2) is 0 Å². The van der Waals surface area contributed by atoms with Gasteiger partial charge in [0.2, 0.25) is 0 Å². The molecule has 1 saturated heterocycles. The fourth-order valence-corrected chi connectivity index (χ4v) is 4.26. The molecule has 19 heavy (non-hydrogen) atoms. The molecule has 6 heteroatoms. The van der Waals surface area contributed by atoms with Crippen LogP contribution >= 0.6 is 27.3 Å². The summed E-state index contributed by atoms with van der Waals surface area (Å²) in [5, 5.41) is 9.14. The lowest BCUT2D eigenvalue weighted by Crippen LogP contribution is -2.45. The first-order valence-corrected chi connectivity index (χ1v) is 7.77. The third kappa shape index (κ3) is 3.17. The number of aryl methyl sites for hydroxylation is 1. The van der Waals surface area contributed by atoms with E-state index in [2.05, 4.69) is 15.9 Å². The number of nitrogens with zero attached hydrogens (tertiary/aromatic N) is 1. The second kappa shape index (κ2) is 5.63. The summed E-state index contributed by atoms with van der Waals surface area (Å²) in [6.07, 6.45) is 0.642. The largest absolute Gasteiger partial charge is 0.481 e. The molecule has 2 heterocycles. The van der Waals surface area contributed by atoms with Crippen molar-refractivity contribution >= 4 is 39.1 Å². The summed E-state index contributed by atoms with van der Waals surface area (Å²) in [5.41, 5.74) is 0.640. The zero-order chi connectivity index (χ0) is 14.2. The standard InChI is InChI=1S/C13H16BrNO3S/c1-7-3-9(13(17)18)6-15(5-7)12(16)10-4-8(2)19-11(10)14/h4,7,9H,3,5-6H2,1-2H3,(H,17,18). The van der Waals surface area contributed by atoms with Gasteiger partial charge in [-0.25, -0.2) is 0 Å². The number of carbonyl (C=O) groups excluding carboxylic acids is 1. The van der Waals surface area contributed by atoms with Gasteiger partial charge in [-0.1, -0.05) is 6.92 Å². The minimum absolute atomic E-state index is 0.0750. The van der Waals surface area contributed by atoms with E-state index in [4.69, 9.17) is 5.11 Å². The van der Waals surface area contributed by atoms with Crippen molar-refractivity contribution in [3.8, 4) is 0 Å². The lowest BCUT2D eigenvalue weighted by Gasteiger charge is -2.34. The van der Waals surface area contributed by atoms with E-state index in [1.54, 1.807) is 4.90 Å². The lowest BCUT2D eigenvalue weighted by atomic mass is 9.90. The van der Waals surface area contributed by atoms with Gasteiger partial charge in [0.05, 0.1) is 15.3 Å². The number of likely N-dealkylation sites (tertiary alicyclic amines) is 1. The van der Waals surface area contributed by atoms with E-state index in [0.717, 1.165) is 8.66 Å². The number of piperidine rings is 1. The lowest BCUT2D eigenvalue weighted by molar-refractivity contribution is -0.143. The van der Waals surface area contributed by atoms with E-state index in [0.29, 0.717) is 25.1 Å². The van der Waals surface area contributed by atoms with Gasteiger partial charge in [-0.15, -0.1) is 11.3 Å². The maximum atomic E-state index is 12.5. The van der Waals surface area contributed by atoms with E-state index >= 15 is 0 Å². The predicted octanol–water partition coefficient (Wildman–Crippen LogP) is 3.00. The number of rotatable bonds is 2. The highest BCUT2D eigenvalue weighted by molar-refractivity contribution is 9.11. The molecule has 1 N–H and O–H groups in total. The maximum Gasteiger partial charge on any atom is 0.308 e. The molecule has 4 nitrogen and oxygen atoms in total. The van der Waals surface area contributed by atoms with Gasteiger partial charge in [0, 0.05) is 18.0 Å². The fourth-order valence-electron chi connectivity index (χ4n) is 2.50. The number of halogens is 1. The van der Waals surface area contributed by atoms with Gasteiger partial charge in [-0.2, -0.15) is 0 Å². The first-order chi connectivity index (χ1) is 8.88. The number of amides is 1. The van der Waals surface area contributed by atoms with Gasteiger partial charge in [-0.3, -0.25) is 9.59 Å². The number of carboxylic acids is 1. The van der Waals surface area contributed by atoms with E-state index in [9.17, 15) is 9.59 Å². The predicted molar refractivity (Wildman–Crippen MR) is 77.6 cm³/mol. The number of thiophene rings is 1. The highest BCUT2D eigenvalue weighted by Crippen LogP contribution is 2.30. The first kappa shape index (κ1) is 14.5. The molecule has 0 bridgehead atoms. The molecule has 1 amide bonds. The van der Waals surface area contributed by atoms with Gasteiger partial charge in [0.1, 0.15) is 0 Å². The Kier molecular flexibility index (Phi) is 4.30. The zero-order valence-electron chi connectivity index (χ0n) is 10.9. The molecular formula is C13H16BrNO3S. The van der Waals surface area contributed by atoms with Crippen molar-refractivity contribution in [2.24, 2.45) is 11.8 Å². The third-order valence-corrected chi connectivity index (χ3v) is 5.09. The number of carboxylic acid groups (broad SMARTS) is 1. The van der Waals surface area contributed by atoms with Crippen LogP contribution in [0.4, 0.5) is 0 Å². The van der Waals surface area contributed by atoms with Crippen molar-refractivity contribution in [3.63, 3.8) is 0 Å². The Labute approximate surface area is 124 Å². The molecule has 104 valence electrons. The smallest absolute Gasteiger partial charge is 0.308 e. The Morgan fingerprint density at radius 3 is 2.68 bits per heavy atom. The van der Waals surface area contributed by atoms with Crippen molar-refractivity contribution < 1.29 is 14.7 Å². The average molecular weight is 346 g/mol. The summed E-state index contributed by atoms with van der Waals surface area (Å²) in [6, 6.07) is 1.85. The van der Waals surface area contributed by atoms with Crippen LogP contribution in [0.2, 0.25) is 0 Å². The second-order valence-corrected chi connectivity index (χ2v) is 7.70. The summed E-state index contributed by atoms with van der Waals surface area (Å²) in [6.45, 7) is 4.87. The average Bonchev–Trinajstić information content (AvgIpc) is 2.66. The Balaban J connectivity index is 2.18. The van der Waals surface area contributed by atoms with Gasteiger partial charge >= 0.3 is 5.97 Å². The van der Waals surface area contributed by atoms with Crippen molar-refractivity contribution in [2.45, 2.75) is 20.3 Å². The van der Waals surface area contributed by atoms with Crippen LogP contribution in [0.1, 0.15) is 28.6 Å². The van der Waals surface area contributed by atoms with Crippen molar-refractivity contribution in [1.82, 2.24) is 4.90 Å². The SMILES string of the molecule is Cc1cc(C(=O)N2CC(C)CC(C(=O)O)C2)c(Br)s1. The second-order valence-electron chi connectivity index (χ2n) is 5.13. The highest BCUT2D eigenvalue weighted by atomic mass is 79.9. The molecule has 0 aromatic carbocycles. The molecule has 2 unspecified atom stereocenters. The molecule has 0 radical (unpaired) electrons. The fraction of sp³-hybridized carbons (Fsp3) is 0.538. The van der Waals surface area contributed by atoms with E-state index < -0.39 is 11.9 Å². The molecule has 0 aliphatic carbocycles. The Morgan fingerprint density at radius 1 is 1.47 bits per heavy atom. The molecule has 1 fully saturated rings. The zero-order valence-corrected chi connectivity index (χ0v) is 13.3. The van der Waals surface area contributed by atoms with Crippen LogP contribution in [-0.2, 0) is 4.79 Å². The van der Waals surface area contributed by atoms with E-state index in [1.165, 1.54) is 11.3 Å². The molecule has 1 aromatic rings. The van der Waals surface area contributed by atoms with Crippen molar-refractivity contribution in [2.75, 3.05) is 13.1 Å². The van der Waals surface area contributed by atoms with E-state index in [1.807, 2.05) is 19.9 Å². The van der Waals surface area contributed by atoms with Crippen molar-refractivity contribution in [1.29, 1.82) is 0 Å². The summed E-state index contributed by atoms with van der Waals surface area (Å²) >= 11 is 4.92.